The Morgan fingerprint density at radius 3 is 2.53 bits per heavy atom. The van der Waals surface area contributed by atoms with Crippen LogP contribution in [0.4, 0.5) is 14.5 Å². The Balaban J connectivity index is 1.75. The fourth-order valence-electron chi connectivity index (χ4n) is 3.49. The van der Waals surface area contributed by atoms with Crippen LogP contribution in [0.5, 0.6) is 0 Å². The Labute approximate surface area is 172 Å². The minimum Gasteiger partial charge on any atom is -0.324 e. The van der Waals surface area contributed by atoms with Crippen molar-refractivity contribution < 1.29 is 13.6 Å². The molecule has 1 N–H and O–H groups in total. The second kappa shape index (κ2) is 8.02. The molecule has 0 bridgehead atoms. The standard InChI is InChI=1S/C23H20F2N4O/c1-14-7-6-10-17(11-14)26-20(30)13-29-23-21(15(2)28-29)18(22(24)25)12-19(27-23)16-8-4-3-5-9-16/h3-12,22H,13H2,1-2H3,(H,26,30). The number of rotatable bonds is 5. The van der Waals surface area contributed by atoms with Gasteiger partial charge in [-0.25, -0.2) is 18.4 Å². The van der Waals surface area contributed by atoms with Crippen LogP contribution in [0.25, 0.3) is 22.3 Å². The number of anilines is 1. The van der Waals surface area contributed by atoms with Crippen LogP contribution in [0.3, 0.4) is 0 Å². The van der Waals surface area contributed by atoms with E-state index in [-0.39, 0.29) is 29.0 Å². The van der Waals surface area contributed by atoms with Gasteiger partial charge >= 0.3 is 0 Å². The van der Waals surface area contributed by atoms with Crippen molar-refractivity contribution in [3.8, 4) is 11.3 Å². The molecule has 7 heteroatoms. The molecule has 0 saturated carbocycles. The molecular formula is C23H20F2N4O. The van der Waals surface area contributed by atoms with Gasteiger partial charge in [0.15, 0.2) is 5.65 Å². The first-order valence-corrected chi connectivity index (χ1v) is 9.50. The summed E-state index contributed by atoms with van der Waals surface area (Å²) < 4.78 is 29.0. The fraction of sp³-hybridized carbons (Fsp3) is 0.174. The SMILES string of the molecule is Cc1cccc(NC(=O)Cn2nc(C)c3c(C(F)F)cc(-c4ccccc4)nc32)c1. The first-order valence-electron chi connectivity index (χ1n) is 9.50. The zero-order valence-electron chi connectivity index (χ0n) is 16.6. The van der Waals surface area contributed by atoms with Crippen LogP contribution in [-0.2, 0) is 11.3 Å². The van der Waals surface area contributed by atoms with Gasteiger partial charge in [0, 0.05) is 16.8 Å². The van der Waals surface area contributed by atoms with Crippen LogP contribution in [0, 0.1) is 13.8 Å². The molecule has 1 amide bonds. The third-order valence-corrected chi connectivity index (χ3v) is 4.81. The first-order chi connectivity index (χ1) is 14.4. The third-order valence-electron chi connectivity index (χ3n) is 4.81. The van der Waals surface area contributed by atoms with Gasteiger partial charge in [0.1, 0.15) is 6.54 Å². The summed E-state index contributed by atoms with van der Waals surface area (Å²) in [7, 11) is 0. The van der Waals surface area contributed by atoms with Crippen LogP contribution < -0.4 is 5.32 Å². The number of hydrogen-bond donors (Lipinski definition) is 1. The number of carbonyl (C=O) groups excluding carboxylic acids is 1. The van der Waals surface area contributed by atoms with E-state index in [0.29, 0.717) is 17.1 Å². The molecule has 0 fully saturated rings. The van der Waals surface area contributed by atoms with E-state index in [0.717, 1.165) is 11.1 Å². The van der Waals surface area contributed by atoms with Gasteiger partial charge in [-0.3, -0.25) is 4.79 Å². The van der Waals surface area contributed by atoms with E-state index in [1.54, 1.807) is 25.1 Å². The molecule has 0 unspecified atom stereocenters. The van der Waals surface area contributed by atoms with Crippen LogP contribution in [0.1, 0.15) is 23.2 Å². The molecule has 4 aromatic rings. The third kappa shape index (κ3) is 3.91. The van der Waals surface area contributed by atoms with Gasteiger partial charge < -0.3 is 5.32 Å². The summed E-state index contributed by atoms with van der Waals surface area (Å²) in [6.07, 6.45) is -2.68. The molecule has 2 aromatic carbocycles. The first kappa shape index (κ1) is 19.7. The highest BCUT2D eigenvalue weighted by Crippen LogP contribution is 2.33. The summed E-state index contributed by atoms with van der Waals surface area (Å²) in [6.45, 7) is 3.44. The Bertz CT molecular complexity index is 1220. The van der Waals surface area contributed by atoms with Crippen molar-refractivity contribution in [3.63, 3.8) is 0 Å². The van der Waals surface area contributed by atoms with Gasteiger partial charge in [-0.2, -0.15) is 5.10 Å². The summed E-state index contributed by atoms with van der Waals surface area (Å²) in [5, 5.41) is 7.43. The number of aryl methyl sites for hydroxylation is 2. The number of nitrogens with zero attached hydrogens (tertiary/aromatic N) is 3. The topological polar surface area (TPSA) is 59.8 Å². The summed E-state index contributed by atoms with van der Waals surface area (Å²) in [5.74, 6) is -0.310. The van der Waals surface area contributed by atoms with Crippen LogP contribution in [-0.4, -0.2) is 20.7 Å². The maximum Gasteiger partial charge on any atom is 0.264 e. The molecule has 30 heavy (non-hydrogen) atoms. The van der Waals surface area contributed by atoms with E-state index in [9.17, 15) is 13.6 Å². The maximum atomic E-state index is 13.8. The number of halogens is 2. The van der Waals surface area contributed by atoms with Gasteiger partial charge in [0.25, 0.3) is 6.43 Å². The lowest BCUT2D eigenvalue weighted by Gasteiger charge is -2.09. The predicted octanol–water partition coefficient (Wildman–Crippen LogP) is 5.29. The molecule has 5 nitrogen and oxygen atoms in total. The zero-order valence-corrected chi connectivity index (χ0v) is 16.6. The zero-order chi connectivity index (χ0) is 21.3. The largest absolute Gasteiger partial charge is 0.324 e. The number of hydrogen-bond acceptors (Lipinski definition) is 3. The number of benzene rings is 2. The smallest absolute Gasteiger partial charge is 0.264 e. The summed E-state index contributed by atoms with van der Waals surface area (Å²) >= 11 is 0. The van der Waals surface area contributed by atoms with Gasteiger partial charge in [-0.1, -0.05) is 42.5 Å². The van der Waals surface area contributed by atoms with E-state index in [2.05, 4.69) is 15.4 Å². The summed E-state index contributed by atoms with van der Waals surface area (Å²) in [5.41, 5.74) is 3.36. The van der Waals surface area contributed by atoms with Crippen molar-refractivity contribution in [1.82, 2.24) is 14.8 Å². The maximum absolute atomic E-state index is 13.8. The van der Waals surface area contributed by atoms with Crippen molar-refractivity contribution in [2.75, 3.05) is 5.32 Å². The quantitative estimate of drug-likeness (QED) is 0.490. The highest BCUT2D eigenvalue weighted by Gasteiger charge is 2.22. The second-order valence-electron chi connectivity index (χ2n) is 7.12. The molecule has 4 rings (SSSR count). The lowest BCUT2D eigenvalue weighted by Crippen LogP contribution is -2.20. The van der Waals surface area contributed by atoms with E-state index >= 15 is 0 Å². The van der Waals surface area contributed by atoms with Crippen LogP contribution in [0.15, 0.2) is 60.7 Å². The van der Waals surface area contributed by atoms with E-state index in [1.165, 1.54) is 10.7 Å². The number of carbonyl (C=O) groups is 1. The lowest BCUT2D eigenvalue weighted by atomic mass is 10.1. The number of fused-ring (bicyclic) bond motifs is 1. The molecule has 152 valence electrons. The highest BCUT2D eigenvalue weighted by molar-refractivity contribution is 5.92. The molecule has 0 radical (unpaired) electrons. The minimum atomic E-state index is -2.68. The van der Waals surface area contributed by atoms with Crippen molar-refractivity contribution in [2.24, 2.45) is 0 Å². The number of nitrogens with one attached hydrogen (secondary N) is 1. The predicted molar refractivity (Wildman–Crippen MR) is 112 cm³/mol. The molecule has 0 aliphatic carbocycles. The van der Waals surface area contributed by atoms with Crippen molar-refractivity contribution >= 4 is 22.6 Å². The molecule has 0 aliphatic rings. The fourth-order valence-corrected chi connectivity index (χ4v) is 3.49. The summed E-state index contributed by atoms with van der Waals surface area (Å²) in [6, 6.07) is 17.9. The van der Waals surface area contributed by atoms with E-state index in [1.807, 2.05) is 43.3 Å². The second-order valence-corrected chi connectivity index (χ2v) is 7.12. The van der Waals surface area contributed by atoms with E-state index < -0.39 is 6.43 Å². The van der Waals surface area contributed by atoms with Crippen molar-refractivity contribution in [2.45, 2.75) is 26.8 Å². The number of pyridine rings is 1. The molecule has 0 spiro atoms. The number of amides is 1. The lowest BCUT2D eigenvalue weighted by molar-refractivity contribution is -0.116. The Morgan fingerprint density at radius 1 is 1.07 bits per heavy atom. The highest BCUT2D eigenvalue weighted by atomic mass is 19.3. The Morgan fingerprint density at radius 2 is 1.83 bits per heavy atom. The Kier molecular flexibility index (Phi) is 5.27. The average molecular weight is 406 g/mol. The van der Waals surface area contributed by atoms with Gasteiger partial charge in [-0.05, 0) is 37.6 Å². The molecule has 0 atom stereocenters. The molecule has 0 saturated heterocycles. The van der Waals surface area contributed by atoms with Crippen molar-refractivity contribution in [1.29, 1.82) is 0 Å². The molecular weight excluding hydrogens is 386 g/mol. The number of aromatic nitrogens is 3. The molecule has 0 aliphatic heterocycles. The number of alkyl halides is 2. The molecule has 2 aromatic heterocycles. The van der Waals surface area contributed by atoms with Crippen LogP contribution in [0.2, 0.25) is 0 Å². The molecule has 2 heterocycles. The average Bonchev–Trinajstić information content (AvgIpc) is 3.03. The minimum absolute atomic E-state index is 0.133. The van der Waals surface area contributed by atoms with Crippen molar-refractivity contribution in [3.05, 3.63) is 77.5 Å². The van der Waals surface area contributed by atoms with E-state index in [4.69, 9.17) is 0 Å². The summed E-state index contributed by atoms with van der Waals surface area (Å²) in [4.78, 5) is 17.1. The van der Waals surface area contributed by atoms with Gasteiger partial charge in [0.05, 0.1) is 16.8 Å². The normalized spacial score (nSPS) is 11.2. The Hall–Kier alpha value is -3.61. The van der Waals surface area contributed by atoms with Gasteiger partial charge in [0.2, 0.25) is 5.91 Å². The van der Waals surface area contributed by atoms with Gasteiger partial charge in [-0.15, -0.1) is 0 Å². The monoisotopic (exact) mass is 406 g/mol. The van der Waals surface area contributed by atoms with Crippen LogP contribution >= 0.6 is 0 Å².